The SMILES string of the molecule is O=C([O-])c1cc(Br)c(F)cc1F. The van der Waals surface area contributed by atoms with Crippen LogP contribution >= 0.6 is 15.9 Å². The third-order valence-electron chi connectivity index (χ3n) is 1.23. The normalized spacial score (nSPS) is 9.92. The summed E-state index contributed by atoms with van der Waals surface area (Å²) in [5, 5.41) is 10.2. The third-order valence-corrected chi connectivity index (χ3v) is 1.84. The van der Waals surface area contributed by atoms with Crippen molar-refractivity contribution in [2.45, 2.75) is 0 Å². The van der Waals surface area contributed by atoms with E-state index in [0.29, 0.717) is 6.07 Å². The lowest BCUT2D eigenvalue weighted by Crippen LogP contribution is -2.23. The molecular weight excluding hydrogens is 234 g/mol. The number of hydrogen-bond donors (Lipinski definition) is 0. The van der Waals surface area contributed by atoms with Gasteiger partial charge >= 0.3 is 0 Å². The summed E-state index contributed by atoms with van der Waals surface area (Å²) in [6.07, 6.45) is 0. The lowest BCUT2D eigenvalue weighted by Gasteiger charge is -2.04. The molecule has 1 aromatic rings. The second kappa shape index (κ2) is 3.18. The van der Waals surface area contributed by atoms with Crippen LogP contribution in [0.15, 0.2) is 16.6 Å². The number of carboxylic acid groups (broad SMARTS) is 1. The summed E-state index contributed by atoms with van der Waals surface area (Å²) in [5.41, 5.74) is -0.664. The highest BCUT2D eigenvalue weighted by Gasteiger charge is 2.08. The van der Waals surface area contributed by atoms with E-state index in [1.54, 1.807) is 0 Å². The molecule has 0 aromatic heterocycles. The van der Waals surface area contributed by atoms with E-state index < -0.39 is 23.2 Å². The van der Waals surface area contributed by atoms with Crippen LogP contribution in [0.5, 0.6) is 0 Å². The molecule has 0 aliphatic heterocycles. The monoisotopic (exact) mass is 235 g/mol. The Labute approximate surface area is 75.0 Å². The van der Waals surface area contributed by atoms with E-state index >= 15 is 0 Å². The first-order valence-corrected chi connectivity index (χ1v) is 3.67. The van der Waals surface area contributed by atoms with Gasteiger partial charge in [0.15, 0.2) is 0 Å². The minimum absolute atomic E-state index is 0.108. The third kappa shape index (κ3) is 1.61. The van der Waals surface area contributed by atoms with Crippen LogP contribution < -0.4 is 5.11 Å². The molecule has 0 unspecified atom stereocenters. The zero-order valence-corrected chi connectivity index (χ0v) is 7.19. The van der Waals surface area contributed by atoms with Gasteiger partial charge in [-0.1, -0.05) is 0 Å². The summed E-state index contributed by atoms with van der Waals surface area (Å²) in [6.45, 7) is 0. The van der Waals surface area contributed by atoms with Gasteiger partial charge in [-0.25, -0.2) is 8.78 Å². The van der Waals surface area contributed by atoms with Gasteiger partial charge in [-0.2, -0.15) is 0 Å². The molecule has 5 heteroatoms. The number of carbonyl (C=O) groups excluding carboxylic acids is 1. The van der Waals surface area contributed by atoms with Crippen LogP contribution in [0.1, 0.15) is 10.4 Å². The maximum atomic E-state index is 12.6. The fourth-order valence-electron chi connectivity index (χ4n) is 0.679. The van der Waals surface area contributed by atoms with E-state index in [4.69, 9.17) is 0 Å². The first-order valence-electron chi connectivity index (χ1n) is 2.88. The van der Waals surface area contributed by atoms with Crippen LogP contribution in [0.25, 0.3) is 0 Å². The number of aromatic carboxylic acids is 1. The van der Waals surface area contributed by atoms with Gasteiger partial charge < -0.3 is 9.90 Å². The first-order chi connectivity index (χ1) is 5.52. The lowest BCUT2D eigenvalue weighted by molar-refractivity contribution is -0.255. The molecule has 0 radical (unpaired) electrons. The molecule has 0 aliphatic rings. The number of rotatable bonds is 1. The molecule has 2 nitrogen and oxygen atoms in total. The van der Waals surface area contributed by atoms with Crippen molar-refractivity contribution in [1.29, 1.82) is 0 Å². The van der Waals surface area contributed by atoms with Gasteiger partial charge in [0.1, 0.15) is 11.6 Å². The Kier molecular flexibility index (Phi) is 2.42. The zero-order valence-electron chi connectivity index (χ0n) is 5.61. The van der Waals surface area contributed by atoms with Crippen molar-refractivity contribution < 1.29 is 18.7 Å². The summed E-state index contributed by atoms with van der Waals surface area (Å²) >= 11 is 2.72. The quantitative estimate of drug-likeness (QED) is 0.684. The minimum Gasteiger partial charge on any atom is -0.545 e. The first kappa shape index (κ1) is 9.12. The number of benzene rings is 1. The maximum Gasteiger partial charge on any atom is 0.140 e. The fraction of sp³-hybridized carbons (Fsp3) is 0. The van der Waals surface area contributed by atoms with Crippen LogP contribution in [0.3, 0.4) is 0 Å². The Morgan fingerprint density at radius 2 is 1.92 bits per heavy atom. The number of hydrogen-bond acceptors (Lipinski definition) is 2. The van der Waals surface area contributed by atoms with Gasteiger partial charge in [-0.05, 0) is 22.0 Å². The molecule has 0 saturated carbocycles. The van der Waals surface area contributed by atoms with Crippen molar-refractivity contribution in [2.75, 3.05) is 0 Å². The topological polar surface area (TPSA) is 40.1 Å². The van der Waals surface area contributed by atoms with Crippen molar-refractivity contribution in [1.82, 2.24) is 0 Å². The fourth-order valence-corrected chi connectivity index (χ4v) is 1.02. The van der Waals surface area contributed by atoms with Gasteiger partial charge in [-0.3, -0.25) is 0 Å². The van der Waals surface area contributed by atoms with Crippen LogP contribution in [0.2, 0.25) is 0 Å². The second-order valence-electron chi connectivity index (χ2n) is 2.03. The average molecular weight is 236 g/mol. The molecular formula is C7H2BrF2O2-. The molecule has 0 amide bonds. The van der Waals surface area contributed by atoms with E-state index in [1.807, 2.05) is 0 Å². The van der Waals surface area contributed by atoms with Crippen molar-refractivity contribution in [3.05, 3.63) is 33.8 Å². The molecule has 0 spiro atoms. The van der Waals surface area contributed by atoms with Crippen LogP contribution in [0, 0.1) is 11.6 Å². The zero-order chi connectivity index (χ0) is 9.30. The predicted octanol–water partition coefficient (Wildman–Crippen LogP) is 1.09. The molecule has 64 valence electrons. The summed E-state index contributed by atoms with van der Waals surface area (Å²) in [6, 6.07) is 1.30. The van der Waals surface area contributed by atoms with Crippen molar-refractivity contribution in [3.8, 4) is 0 Å². The minimum atomic E-state index is -1.67. The highest BCUT2D eigenvalue weighted by Crippen LogP contribution is 2.19. The Bertz CT molecular complexity index is 338. The Balaban J connectivity index is 3.33. The summed E-state index contributed by atoms with van der Waals surface area (Å²) in [4.78, 5) is 10.2. The smallest absolute Gasteiger partial charge is 0.140 e. The Morgan fingerprint density at radius 1 is 1.33 bits per heavy atom. The molecule has 0 heterocycles. The largest absolute Gasteiger partial charge is 0.545 e. The van der Waals surface area contributed by atoms with Crippen molar-refractivity contribution in [2.24, 2.45) is 0 Å². The van der Waals surface area contributed by atoms with E-state index in [0.717, 1.165) is 6.07 Å². The van der Waals surface area contributed by atoms with Crippen LogP contribution in [-0.2, 0) is 0 Å². The second-order valence-corrected chi connectivity index (χ2v) is 2.89. The van der Waals surface area contributed by atoms with E-state index in [2.05, 4.69) is 15.9 Å². The van der Waals surface area contributed by atoms with E-state index in [1.165, 1.54) is 0 Å². The maximum absolute atomic E-state index is 12.6. The molecule has 0 fully saturated rings. The molecule has 0 bridgehead atoms. The predicted molar refractivity (Wildman–Crippen MR) is 38.4 cm³/mol. The highest BCUT2D eigenvalue weighted by atomic mass is 79.9. The van der Waals surface area contributed by atoms with Gasteiger partial charge in [0.05, 0.1) is 10.4 Å². The Morgan fingerprint density at radius 3 is 2.42 bits per heavy atom. The van der Waals surface area contributed by atoms with Crippen molar-refractivity contribution in [3.63, 3.8) is 0 Å². The van der Waals surface area contributed by atoms with Gasteiger partial charge in [0.2, 0.25) is 0 Å². The van der Waals surface area contributed by atoms with E-state index in [9.17, 15) is 18.7 Å². The van der Waals surface area contributed by atoms with E-state index in [-0.39, 0.29) is 4.47 Å². The van der Waals surface area contributed by atoms with Gasteiger partial charge in [0.25, 0.3) is 0 Å². The van der Waals surface area contributed by atoms with Crippen molar-refractivity contribution >= 4 is 21.9 Å². The molecule has 0 aliphatic carbocycles. The van der Waals surface area contributed by atoms with Gasteiger partial charge in [-0.15, -0.1) is 0 Å². The summed E-state index contributed by atoms with van der Waals surface area (Å²) in [5.74, 6) is -3.67. The standard InChI is InChI=1S/C7H3BrF2O2/c8-4-1-3(7(11)12)5(9)2-6(4)10/h1-2H,(H,11,12)/p-1. The van der Waals surface area contributed by atoms with Crippen LogP contribution in [0.4, 0.5) is 8.78 Å². The van der Waals surface area contributed by atoms with Crippen LogP contribution in [-0.4, -0.2) is 5.97 Å². The molecule has 12 heavy (non-hydrogen) atoms. The Hall–Kier alpha value is -0.970. The molecule has 0 atom stereocenters. The lowest BCUT2D eigenvalue weighted by atomic mass is 10.2. The summed E-state index contributed by atoms with van der Waals surface area (Å²) in [7, 11) is 0. The van der Waals surface area contributed by atoms with Gasteiger partial charge in [0, 0.05) is 11.6 Å². The number of carbonyl (C=O) groups is 1. The highest BCUT2D eigenvalue weighted by molar-refractivity contribution is 9.10. The number of halogens is 3. The molecule has 1 rings (SSSR count). The molecule has 0 saturated heterocycles. The number of carboxylic acids is 1. The molecule has 1 aromatic carbocycles. The molecule has 0 N–H and O–H groups in total. The summed E-state index contributed by atoms with van der Waals surface area (Å²) < 4.78 is 25.0. The average Bonchev–Trinajstić information content (AvgIpc) is 1.96.